The molecule has 0 bridgehead atoms. The quantitative estimate of drug-likeness (QED) is 0.821. The van der Waals surface area contributed by atoms with E-state index in [1.165, 1.54) is 25.0 Å². The van der Waals surface area contributed by atoms with Crippen molar-refractivity contribution in [2.45, 2.75) is 44.8 Å². The molecular formula is C16H22FNO3. The Bertz CT molecular complexity index is 484. The van der Waals surface area contributed by atoms with Gasteiger partial charge in [-0.1, -0.05) is 32.3 Å². The molecule has 1 aromatic rings. The largest absolute Gasteiger partial charge is 0.373 e. The van der Waals surface area contributed by atoms with Crippen LogP contribution in [0.1, 0.15) is 54.6 Å². The van der Waals surface area contributed by atoms with Gasteiger partial charge in [0.1, 0.15) is 11.9 Å². The number of unbranched alkanes of at least 4 members (excludes halogenated alkanes) is 2. The number of benzene rings is 1. The zero-order valence-corrected chi connectivity index (χ0v) is 12.3. The highest BCUT2D eigenvalue weighted by Crippen LogP contribution is 2.26. The molecule has 1 saturated heterocycles. The van der Waals surface area contributed by atoms with Crippen LogP contribution in [-0.2, 0) is 9.47 Å². The van der Waals surface area contributed by atoms with E-state index in [1.807, 2.05) is 0 Å². The Morgan fingerprint density at radius 2 is 2.14 bits per heavy atom. The molecule has 1 fully saturated rings. The Labute approximate surface area is 124 Å². The normalized spacial score (nSPS) is 22.2. The van der Waals surface area contributed by atoms with Gasteiger partial charge in [0.15, 0.2) is 0 Å². The molecule has 2 atom stereocenters. The maximum atomic E-state index is 13.7. The third kappa shape index (κ3) is 4.25. The first-order chi connectivity index (χ1) is 10.1. The molecule has 4 nitrogen and oxygen atoms in total. The molecule has 1 heterocycles. The van der Waals surface area contributed by atoms with Gasteiger partial charge in [-0.2, -0.15) is 0 Å². The maximum Gasteiger partial charge on any atom is 0.251 e. The van der Waals surface area contributed by atoms with Crippen molar-refractivity contribution in [1.29, 1.82) is 0 Å². The summed E-state index contributed by atoms with van der Waals surface area (Å²) in [6, 6.07) is 4.35. The molecule has 0 aliphatic carbocycles. The van der Waals surface area contributed by atoms with Gasteiger partial charge in [0.05, 0.1) is 24.9 Å². The van der Waals surface area contributed by atoms with E-state index < -0.39 is 11.7 Å². The predicted molar refractivity (Wildman–Crippen MR) is 77.5 cm³/mol. The molecule has 0 aromatic heterocycles. The second-order valence-electron chi connectivity index (χ2n) is 5.38. The number of hydrogen-bond donors (Lipinski definition) is 1. The summed E-state index contributed by atoms with van der Waals surface area (Å²) in [5.74, 6) is -1.38. The van der Waals surface area contributed by atoms with E-state index in [1.54, 1.807) is 6.07 Å². The Hall–Kier alpha value is -1.46. The van der Waals surface area contributed by atoms with Crippen LogP contribution in [-0.4, -0.2) is 25.2 Å². The molecule has 0 radical (unpaired) electrons. The fourth-order valence-corrected chi connectivity index (χ4v) is 2.46. The Morgan fingerprint density at radius 3 is 2.71 bits per heavy atom. The van der Waals surface area contributed by atoms with Gasteiger partial charge in [-0.05, 0) is 24.1 Å². The van der Waals surface area contributed by atoms with Crippen LogP contribution < -0.4 is 5.73 Å². The van der Waals surface area contributed by atoms with Crippen LogP contribution in [0.25, 0.3) is 0 Å². The van der Waals surface area contributed by atoms with Crippen molar-refractivity contribution in [3.05, 3.63) is 35.1 Å². The minimum Gasteiger partial charge on any atom is -0.373 e. The molecule has 1 amide bonds. The summed E-state index contributed by atoms with van der Waals surface area (Å²) in [6.45, 7) is 3.10. The van der Waals surface area contributed by atoms with E-state index in [4.69, 9.17) is 15.2 Å². The van der Waals surface area contributed by atoms with E-state index in [0.717, 1.165) is 12.8 Å². The van der Waals surface area contributed by atoms with E-state index in [0.29, 0.717) is 18.8 Å². The first-order valence-corrected chi connectivity index (χ1v) is 7.44. The summed E-state index contributed by atoms with van der Waals surface area (Å²) in [6.07, 6.45) is 4.35. The number of hydrogen-bond acceptors (Lipinski definition) is 3. The van der Waals surface area contributed by atoms with E-state index in [2.05, 4.69) is 6.92 Å². The molecule has 116 valence electrons. The van der Waals surface area contributed by atoms with Crippen molar-refractivity contribution in [3.8, 4) is 0 Å². The standard InChI is InChI=1S/C16H22FNO3/c1-2-3-4-5-12-9-21-15(10-20-12)11-6-7-13(16(18)19)14(17)8-11/h6-8,12,15H,2-5,9-10H2,1H3,(H2,18,19)/t12-,15-/m0/s1. The molecule has 0 spiro atoms. The van der Waals surface area contributed by atoms with Crippen molar-refractivity contribution in [2.24, 2.45) is 5.73 Å². The number of carbonyl (C=O) groups excluding carboxylic acids is 1. The number of amides is 1. The number of primary amides is 1. The minimum atomic E-state index is -0.768. The van der Waals surface area contributed by atoms with Crippen LogP contribution in [0.3, 0.4) is 0 Å². The summed E-state index contributed by atoms with van der Waals surface area (Å²) >= 11 is 0. The van der Waals surface area contributed by atoms with E-state index in [9.17, 15) is 9.18 Å². The summed E-state index contributed by atoms with van der Waals surface area (Å²) < 4.78 is 25.3. The fraction of sp³-hybridized carbons (Fsp3) is 0.562. The number of nitrogens with two attached hydrogens (primary N) is 1. The first-order valence-electron chi connectivity index (χ1n) is 7.44. The topological polar surface area (TPSA) is 61.5 Å². The molecule has 0 unspecified atom stereocenters. The summed E-state index contributed by atoms with van der Waals surface area (Å²) in [5, 5.41) is 0. The molecule has 1 aliphatic heterocycles. The van der Waals surface area contributed by atoms with Gasteiger partial charge in [-0.15, -0.1) is 0 Å². The van der Waals surface area contributed by atoms with Gasteiger partial charge in [0.25, 0.3) is 5.91 Å². The number of halogens is 1. The molecular weight excluding hydrogens is 273 g/mol. The summed E-state index contributed by atoms with van der Waals surface area (Å²) in [4.78, 5) is 11.0. The highest BCUT2D eigenvalue weighted by Gasteiger charge is 2.24. The Kier molecular flexibility index (Phi) is 5.70. The summed E-state index contributed by atoms with van der Waals surface area (Å²) in [5.41, 5.74) is 5.65. The van der Waals surface area contributed by atoms with Gasteiger partial charge >= 0.3 is 0 Å². The molecule has 21 heavy (non-hydrogen) atoms. The van der Waals surface area contributed by atoms with Crippen molar-refractivity contribution < 1.29 is 18.7 Å². The third-order valence-corrected chi connectivity index (χ3v) is 3.73. The van der Waals surface area contributed by atoms with Crippen LogP contribution in [0.2, 0.25) is 0 Å². The molecule has 0 saturated carbocycles. The Balaban J connectivity index is 1.90. The lowest BCUT2D eigenvalue weighted by atomic mass is 10.0. The zero-order chi connectivity index (χ0) is 15.2. The minimum absolute atomic E-state index is 0.104. The Morgan fingerprint density at radius 1 is 1.33 bits per heavy atom. The summed E-state index contributed by atoms with van der Waals surface area (Å²) in [7, 11) is 0. The SMILES string of the molecule is CCCCC[C@H]1CO[C@H](c2ccc(C(N)=O)c(F)c2)CO1. The molecule has 1 aliphatic rings. The molecule has 1 aromatic carbocycles. The van der Waals surface area contributed by atoms with Gasteiger partial charge in [-0.25, -0.2) is 4.39 Å². The van der Waals surface area contributed by atoms with Crippen molar-refractivity contribution in [1.82, 2.24) is 0 Å². The van der Waals surface area contributed by atoms with Crippen LogP contribution >= 0.6 is 0 Å². The second-order valence-corrected chi connectivity index (χ2v) is 5.38. The van der Waals surface area contributed by atoms with Gasteiger partial charge in [0, 0.05) is 0 Å². The average molecular weight is 295 g/mol. The highest BCUT2D eigenvalue weighted by atomic mass is 19.1. The lowest BCUT2D eigenvalue weighted by Gasteiger charge is -2.30. The average Bonchev–Trinajstić information content (AvgIpc) is 2.48. The van der Waals surface area contributed by atoms with Gasteiger partial charge in [-0.3, -0.25) is 4.79 Å². The zero-order valence-electron chi connectivity index (χ0n) is 12.3. The third-order valence-electron chi connectivity index (χ3n) is 3.73. The monoisotopic (exact) mass is 295 g/mol. The molecule has 2 N–H and O–H groups in total. The van der Waals surface area contributed by atoms with Crippen molar-refractivity contribution in [2.75, 3.05) is 13.2 Å². The number of ether oxygens (including phenoxy) is 2. The van der Waals surface area contributed by atoms with Crippen molar-refractivity contribution >= 4 is 5.91 Å². The van der Waals surface area contributed by atoms with Crippen LogP contribution in [0.5, 0.6) is 0 Å². The smallest absolute Gasteiger partial charge is 0.251 e. The lowest BCUT2D eigenvalue weighted by Crippen LogP contribution is -2.31. The second kappa shape index (κ2) is 7.52. The maximum absolute atomic E-state index is 13.7. The predicted octanol–water partition coefficient (Wildman–Crippen LogP) is 2.96. The number of carbonyl (C=O) groups is 1. The van der Waals surface area contributed by atoms with Crippen molar-refractivity contribution in [3.63, 3.8) is 0 Å². The molecule has 2 rings (SSSR count). The fourth-order valence-electron chi connectivity index (χ4n) is 2.46. The van der Waals surface area contributed by atoms with E-state index >= 15 is 0 Å². The van der Waals surface area contributed by atoms with Crippen LogP contribution in [0.4, 0.5) is 4.39 Å². The number of rotatable bonds is 6. The van der Waals surface area contributed by atoms with Gasteiger partial charge in [0.2, 0.25) is 0 Å². The van der Waals surface area contributed by atoms with E-state index in [-0.39, 0.29) is 17.8 Å². The van der Waals surface area contributed by atoms with Gasteiger partial charge < -0.3 is 15.2 Å². The molecule has 5 heteroatoms. The van der Waals surface area contributed by atoms with Crippen LogP contribution in [0, 0.1) is 5.82 Å². The van der Waals surface area contributed by atoms with Crippen LogP contribution in [0.15, 0.2) is 18.2 Å². The first kappa shape index (κ1) is 15.9. The highest BCUT2D eigenvalue weighted by molar-refractivity contribution is 5.93. The lowest BCUT2D eigenvalue weighted by molar-refractivity contribution is -0.137.